The summed E-state index contributed by atoms with van der Waals surface area (Å²) in [6, 6.07) is 2.24. The molecule has 17 nitrogen and oxygen atoms in total. The molecule has 4 aliphatic rings. The second-order valence-corrected chi connectivity index (χ2v) is 22.3. The number of rotatable bonds is 22. The van der Waals surface area contributed by atoms with Crippen LogP contribution in [0.25, 0.3) is 0 Å². The first-order valence-corrected chi connectivity index (χ1v) is 27.0. The summed E-state index contributed by atoms with van der Waals surface area (Å²) in [7, 11) is -0.880. The number of amides is 2. The number of nitrogens with one attached hydrogen (secondary N) is 2. The van der Waals surface area contributed by atoms with E-state index in [0.29, 0.717) is 23.1 Å². The number of likely N-dealkylation sites (tertiary alicyclic amines) is 1. The number of nitrogens with zero attached hydrogens (tertiary/aromatic N) is 4. The number of aryl methyl sites for hydroxylation is 1. The minimum atomic E-state index is -4.18. The zero-order chi connectivity index (χ0) is 51.0. The second-order valence-electron chi connectivity index (χ2n) is 20.7. The van der Waals surface area contributed by atoms with E-state index in [9.17, 15) is 27.6 Å². The molecule has 1 aromatic carbocycles. The number of aromatic nitrogens is 2. The summed E-state index contributed by atoms with van der Waals surface area (Å²) in [6.07, 6.45) is 9.36. The number of sulfonamides is 1. The van der Waals surface area contributed by atoms with Crippen LogP contribution in [0.2, 0.25) is 0 Å². The molecule has 2 aliphatic heterocycles. The molecule has 2 saturated carbocycles. The predicted octanol–water partition coefficient (Wildman–Crippen LogP) is 6.83. The van der Waals surface area contributed by atoms with Crippen molar-refractivity contribution < 1.29 is 46.1 Å². The van der Waals surface area contributed by atoms with E-state index in [1.807, 2.05) is 39.8 Å². The van der Waals surface area contributed by atoms with Crippen molar-refractivity contribution in [1.82, 2.24) is 24.1 Å². The summed E-state index contributed by atoms with van der Waals surface area (Å²) in [5.74, 6) is -2.41. The van der Waals surface area contributed by atoms with Gasteiger partial charge in [-0.05, 0) is 73.5 Å². The minimum absolute atomic E-state index is 0.00482. The number of hydrogen-bond donors (Lipinski definition) is 2. The van der Waals surface area contributed by atoms with Gasteiger partial charge in [0.1, 0.15) is 18.5 Å². The molecule has 2 amide bonds. The normalized spacial score (nSPS) is 23.8. The molecule has 2 aliphatic carbocycles. The van der Waals surface area contributed by atoms with Crippen LogP contribution in [0.5, 0.6) is 0 Å². The van der Waals surface area contributed by atoms with Crippen LogP contribution >= 0.6 is 0 Å². The van der Waals surface area contributed by atoms with Crippen molar-refractivity contribution in [2.24, 2.45) is 4.99 Å². The Morgan fingerprint density at radius 1 is 0.900 bits per heavy atom. The standard InChI is InChI=1S/C51H79FN6O11S/c1-33(2)37-25-38(34(3)4)47(39(26-37)35(5)6)70(63,64)55-42-30-56(29-40(42)52)45(60)18-17-44(59)53-23-16-24-57-48(61)36(7)28-58(49(57)62)46-27-41(54-32-68-51(66-9)21-14-11-15-22-51)43(69-46)31-67-50(65-8)19-12-10-13-20-50/h25-26,28,32-35,40-43,46,55H,10-24,27,29-31H2,1-9H3,(H,53,59)/t40?,41?,42?,43-,46-/m1/s1. The summed E-state index contributed by atoms with van der Waals surface area (Å²) < 4.78 is 79.4. The van der Waals surface area contributed by atoms with E-state index < -0.39 is 75.2 Å². The molecular formula is C51H79FN6O11S. The molecule has 4 fully saturated rings. The molecule has 70 heavy (non-hydrogen) atoms. The van der Waals surface area contributed by atoms with Gasteiger partial charge in [0, 0.05) is 90.6 Å². The van der Waals surface area contributed by atoms with Crippen molar-refractivity contribution in [3.8, 4) is 0 Å². The number of aliphatic imine (C=N–C) groups is 1. The maximum atomic E-state index is 15.5. The number of carbonyl (C=O) groups excluding carboxylic acids is 2. The first-order valence-electron chi connectivity index (χ1n) is 25.5. The van der Waals surface area contributed by atoms with Gasteiger partial charge < -0.3 is 33.9 Å². The van der Waals surface area contributed by atoms with Gasteiger partial charge in [0.05, 0.1) is 30.1 Å². The quantitative estimate of drug-likeness (QED) is 0.0543. The van der Waals surface area contributed by atoms with Gasteiger partial charge in [0.25, 0.3) is 5.56 Å². The molecule has 6 rings (SSSR count). The van der Waals surface area contributed by atoms with Gasteiger partial charge in [-0.3, -0.25) is 28.5 Å². The summed E-state index contributed by atoms with van der Waals surface area (Å²) >= 11 is 0. The maximum Gasteiger partial charge on any atom is 0.333 e. The molecule has 392 valence electrons. The van der Waals surface area contributed by atoms with Gasteiger partial charge in [-0.15, -0.1) is 0 Å². The van der Waals surface area contributed by atoms with Crippen LogP contribution < -0.4 is 21.3 Å². The van der Waals surface area contributed by atoms with E-state index in [-0.39, 0.29) is 74.7 Å². The fourth-order valence-electron chi connectivity index (χ4n) is 10.2. The van der Waals surface area contributed by atoms with E-state index in [0.717, 1.165) is 74.3 Å². The summed E-state index contributed by atoms with van der Waals surface area (Å²) in [5.41, 5.74) is 1.67. The van der Waals surface area contributed by atoms with Crippen molar-refractivity contribution in [2.45, 2.75) is 210 Å². The zero-order valence-electron chi connectivity index (χ0n) is 42.9. The fourth-order valence-corrected chi connectivity index (χ4v) is 12.2. The average molecular weight is 1000 g/mol. The molecule has 2 N–H and O–H groups in total. The number of methoxy groups -OCH3 is 2. The Kier molecular flexibility index (Phi) is 19.1. The highest BCUT2D eigenvalue weighted by atomic mass is 32.2. The monoisotopic (exact) mass is 1000 g/mol. The van der Waals surface area contributed by atoms with Crippen molar-refractivity contribution in [1.29, 1.82) is 0 Å². The van der Waals surface area contributed by atoms with Gasteiger partial charge in [-0.25, -0.2) is 22.3 Å². The summed E-state index contributed by atoms with van der Waals surface area (Å²) in [5, 5.41) is 2.75. The first kappa shape index (κ1) is 55.3. The largest absolute Gasteiger partial charge is 0.452 e. The topological polar surface area (TPSA) is 198 Å². The molecule has 0 bridgehead atoms. The Balaban J connectivity index is 1.03. The number of hydrogen-bond acceptors (Lipinski definition) is 12. The number of carbonyl (C=O) groups is 2. The highest BCUT2D eigenvalue weighted by molar-refractivity contribution is 7.89. The van der Waals surface area contributed by atoms with Crippen molar-refractivity contribution in [3.05, 3.63) is 61.4 Å². The number of ether oxygens (including phenoxy) is 5. The number of benzene rings is 1. The molecule has 2 saturated heterocycles. The Bertz CT molecular complexity index is 2340. The van der Waals surface area contributed by atoms with Gasteiger partial charge >= 0.3 is 5.69 Å². The SMILES string of the molecule is COC1(OC=NC2C[C@H](n3cc(C)c(=O)n(CCCNC(=O)CCC(=O)N4CC(F)C(NS(=O)(=O)c5c(C(C)C)cc(C(C)C)cc5C(C)C)C4)c3=O)O[C@@H]2COC2(OC)CCCCC2)CCCCC1. The maximum absolute atomic E-state index is 15.5. The molecule has 2 aromatic rings. The van der Waals surface area contributed by atoms with Crippen molar-refractivity contribution >= 4 is 28.2 Å². The van der Waals surface area contributed by atoms with Crippen molar-refractivity contribution in [2.75, 3.05) is 40.5 Å². The minimum Gasteiger partial charge on any atom is -0.452 e. The lowest BCUT2D eigenvalue weighted by molar-refractivity contribution is -0.250. The Hall–Kier alpha value is -4.01. The molecule has 3 unspecified atom stereocenters. The molecule has 0 spiro atoms. The number of alkyl halides is 1. The lowest BCUT2D eigenvalue weighted by atomic mass is 9.89. The van der Waals surface area contributed by atoms with Gasteiger partial charge in [0.2, 0.25) is 27.6 Å². The molecule has 5 atom stereocenters. The molecule has 3 heterocycles. The van der Waals surface area contributed by atoms with Crippen LogP contribution in [0.4, 0.5) is 4.39 Å². The Morgan fingerprint density at radius 3 is 2.10 bits per heavy atom. The van der Waals surface area contributed by atoms with Crippen LogP contribution in [0.1, 0.15) is 178 Å². The Labute approximate surface area is 413 Å². The molecule has 19 heteroatoms. The average Bonchev–Trinajstić information content (AvgIpc) is 3.92. The second kappa shape index (κ2) is 24.1. The van der Waals surface area contributed by atoms with E-state index in [1.165, 1.54) is 22.1 Å². The smallest absolute Gasteiger partial charge is 0.333 e. The zero-order valence-corrected chi connectivity index (χ0v) is 43.7. The van der Waals surface area contributed by atoms with Crippen LogP contribution in [0, 0.1) is 6.92 Å². The lowest BCUT2D eigenvalue weighted by Gasteiger charge is -2.36. The van der Waals surface area contributed by atoms with E-state index in [1.54, 1.807) is 21.1 Å². The van der Waals surface area contributed by atoms with E-state index in [4.69, 9.17) is 28.7 Å². The third-order valence-electron chi connectivity index (χ3n) is 14.6. The Morgan fingerprint density at radius 2 is 1.51 bits per heavy atom. The van der Waals surface area contributed by atoms with E-state index in [2.05, 4.69) is 23.9 Å². The molecule has 1 aromatic heterocycles. The first-order chi connectivity index (χ1) is 33.2. The fraction of sp³-hybridized carbons (Fsp3) is 0.745. The number of halogens is 1. The van der Waals surface area contributed by atoms with E-state index >= 15 is 4.39 Å². The van der Waals surface area contributed by atoms with Crippen LogP contribution in [-0.4, -0.2) is 117 Å². The summed E-state index contributed by atoms with van der Waals surface area (Å²) in [4.78, 5) is 59.7. The lowest BCUT2D eigenvalue weighted by Crippen LogP contribution is -2.43. The highest BCUT2D eigenvalue weighted by Gasteiger charge is 2.42. The van der Waals surface area contributed by atoms with Crippen LogP contribution in [-0.2, 0) is 49.8 Å². The molecular weight excluding hydrogens is 924 g/mol. The van der Waals surface area contributed by atoms with Crippen LogP contribution in [0.15, 0.2) is 37.8 Å². The van der Waals surface area contributed by atoms with Crippen molar-refractivity contribution in [3.63, 3.8) is 0 Å². The third-order valence-corrected chi connectivity index (χ3v) is 16.2. The van der Waals surface area contributed by atoms with Gasteiger partial charge in [0.15, 0.2) is 12.2 Å². The predicted molar refractivity (Wildman–Crippen MR) is 264 cm³/mol. The summed E-state index contributed by atoms with van der Waals surface area (Å²) in [6.45, 7) is 13.3. The van der Waals surface area contributed by atoms with Crippen LogP contribution in [0.3, 0.4) is 0 Å². The third kappa shape index (κ3) is 13.3. The van der Waals surface area contributed by atoms with Gasteiger partial charge in [-0.1, -0.05) is 66.5 Å². The highest BCUT2D eigenvalue weighted by Crippen LogP contribution is 2.38. The molecule has 0 radical (unpaired) electrons. The van der Waals surface area contributed by atoms with Gasteiger partial charge in [-0.2, -0.15) is 0 Å².